The van der Waals surface area contributed by atoms with Gasteiger partial charge in [-0.1, -0.05) is 71.4 Å². The molecular weight excluding hydrogens is 674 g/mol. The van der Waals surface area contributed by atoms with Crippen molar-refractivity contribution in [2.24, 2.45) is 0 Å². The summed E-state index contributed by atoms with van der Waals surface area (Å²) in [5.74, 6) is -1.35. The number of carbonyl (C=O) groups is 2. The first-order chi connectivity index (χ1) is 21.1. The van der Waals surface area contributed by atoms with Crippen LogP contribution in [0.2, 0.25) is 15.1 Å². The van der Waals surface area contributed by atoms with Crippen LogP contribution in [0.1, 0.15) is 49.3 Å². The summed E-state index contributed by atoms with van der Waals surface area (Å²) in [5, 5.41) is 2.71. The first-order valence-electron chi connectivity index (χ1n) is 14.1. The zero-order valence-electron chi connectivity index (χ0n) is 24.4. The molecule has 3 aromatic rings. The number of anilines is 1. The van der Waals surface area contributed by atoms with Gasteiger partial charge in [0.15, 0.2) is 0 Å². The largest absolute Gasteiger partial charge is 0.417 e. The van der Waals surface area contributed by atoms with Gasteiger partial charge in [0.1, 0.15) is 12.6 Å². The quantitative estimate of drug-likeness (QED) is 0.235. The zero-order chi connectivity index (χ0) is 33.1. The van der Waals surface area contributed by atoms with Gasteiger partial charge in [0.2, 0.25) is 11.8 Å². The molecule has 7 nitrogen and oxygen atoms in total. The number of hydrogen-bond donors (Lipinski definition) is 1. The molecule has 0 bridgehead atoms. The molecule has 2 amide bonds. The molecule has 0 unspecified atom stereocenters. The van der Waals surface area contributed by atoms with E-state index in [4.69, 9.17) is 34.8 Å². The molecule has 45 heavy (non-hydrogen) atoms. The van der Waals surface area contributed by atoms with Crippen LogP contribution in [0.25, 0.3) is 0 Å². The lowest BCUT2D eigenvalue weighted by Gasteiger charge is -2.33. The van der Waals surface area contributed by atoms with Crippen LogP contribution >= 0.6 is 34.8 Å². The van der Waals surface area contributed by atoms with Crippen LogP contribution < -0.4 is 9.62 Å². The van der Waals surface area contributed by atoms with Gasteiger partial charge in [0, 0.05) is 28.2 Å². The molecule has 1 N–H and O–H groups in total. The predicted molar refractivity (Wildman–Crippen MR) is 169 cm³/mol. The Morgan fingerprint density at radius 1 is 0.956 bits per heavy atom. The molecule has 1 aliphatic rings. The second-order valence-corrected chi connectivity index (χ2v) is 14.0. The van der Waals surface area contributed by atoms with Crippen molar-refractivity contribution in [2.45, 2.75) is 69.2 Å². The summed E-state index contributed by atoms with van der Waals surface area (Å²) >= 11 is 18.6. The third kappa shape index (κ3) is 8.24. The summed E-state index contributed by atoms with van der Waals surface area (Å²) in [6, 6.07) is 11.7. The van der Waals surface area contributed by atoms with E-state index < -0.39 is 56.9 Å². The normalized spacial score (nSPS) is 14.7. The molecule has 242 valence electrons. The Balaban J connectivity index is 1.79. The molecular formula is C31H31Cl3F3N3O4S. The Bertz CT molecular complexity index is 1640. The Morgan fingerprint density at radius 2 is 1.56 bits per heavy atom. The van der Waals surface area contributed by atoms with E-state index in [1.165, 1.54) is 31.2 Å². The van der Waals surface area contributed by atoms with E-state index in [9.17, 15) is 31.2 Å². The lowest BCUT2D eigenvalue weighted by molar-refractivity contribution is -0.139. The van der Waals surface area contributed by atoms with Crippen LogP contribution in [0.3, 0.4) is 0 Å². The molecule has 0 aromatic heterocycles. The molecule has 1 saturated carbocycles. The fourth-order valence-corrected chi connectivity index (χ4v) is 7.23. The number of sulfonamides is 1. The number of amides is 2. The van der Waals surface area contributed by atoms with Crippen molar-refractivity contribution < 1.29 is 31.2 Å². The monoisotopic (exact) mass is 703 g/mol. The SMILES string of the molecule is Cc1ccc(S(=O)(=O)N(CC(=O)N(Cc2c(Cl)cccc2Cl)[C@@H](C)C(=O)NC2CCCC2)c2ccc(Cl)c(C(F)(F)F)c2)cc1. The summed E-state index contributed by atoms with van der Waals surface area (Å²) in [7, 11) is -4.61. The first kappa shape index (κ1) is 34.9. The Hall–Kier alpha value is -2.99. The van der Waals surface area contributed by atoms with Crippen molar-refractivity contribution in [1.29, 1.82) is 0 Å². The van der Waals surface area contributed by atoms with E-state index in [1.807, 2.05) is 0 Å². The molecule has 0 radical (unpaired) electrons. The molecule has 1 fully saturated rings. The number of nitrogens with zero attached hydrogens (tertiary/aromatic N) is 2. The second-order valence-electron chi connectivity index (χ2n) is 10.9. The Morgan fingerprint density at radius 3 is 2.13 bits per heavy atom. The second kappa shape index (κ2) is 14.2. The van der Waals surface area contributed by atoms with Crippen LogP contribution in [0, 0.1) is 6.92 Å². The van der Waals surface area contributed by atoms with Gasteiger partial charge in [-0.3, -0.25) is 13.9 Å². The van der Waals surface area contributed by atoms with E-state index in [0.717, 1.165) is 48.3 Å². The lowest BCUT2D eigenvalue weighted by Crippen LogP contribution is -2.52. The molecule has 3 aromatic carbocycles. The van der Waals surface area contributed by atoms with Gasteiger partial charge < -0.3 is 10.2 Å². The van der Waals surface area contributed by atoms with Crippen LogP contribution in [-0.2, 0) is 32.3 Å². The molecule has 0 spiro atoms. The predicted octanol–water partition coefficient (Wildman–Crippen LogP) is 7.65. The van der Waals surface area contributed by atoms with Crippen LogP contribution in [0.15, 0.2) is 65.6 Å². The van der Waals surface area contributed by atoms with E-state index in [2.05, 4.69) is 5.32 Å². The first-order valence-corrected chi connectivity index (χ1v) is 16.7. The molecule has 4 rings (SSSR count). The van der Waals surface area contributed by atoms with Crippen molar-refractivity contribution >= 4 is 62.3 Å². The lowest BCUT2D eigenvalue weighted by atomic mass is 10.1. The maximum Gasteiger partial charge on any atom is 0.417 e. The van der Waals surface area contributed by atoms with Crippen molar-refractivity contribution in [1.82, 2.24) is 10.2 Å². The topological polar surface area (TPSA) is 86.8 Å². The van der Waals surface area contributed by atoms with Gasteiger partial charge in [-0.05, 0) is 69.2 Å². The molecule has 1 aliphatic carbocycles. The number of halogens is 6. The summed E-state index contributed by atoms with van der Waals surface area (Å²) in [5.41, 5.74) is -0.664. The van der Waals surface area contributed by atoms with Crippen molar-refractivity contribution in [3.63, 3.8) is 0 Å². The van der Waals surface area contributed by atoms with Gasteiger partial charge in [0.25, 0.3) is 10.0 Å². The highest BCUT2D eigenvalue weighted by Gasteiger charge is 2.37. The number of aryl methyl sites for hydroxylation is 1. The highest BCUT2D eigenvalue weighted by Crippen LogP contribution is 2.38. The van der Waals surface area contributed by atoms with E-state index >= 15 is 0 Å². The van der Waals surface area contributed by atoms with E-state index in [1.54, 1.807) is 25.1 Å². The van der Waals surface area contributed by atoms with Crippen molar-refractivity contribution in [3.8, 4) is 0 Å². The number of carbonyl (C=O) groups excluding carboxylic acids is 2. The highest BCUT2D eigenvalue weighted by atomic mass is 35.5. The molecule has 0 saturated heterocycles. The minimum absolute atomic E-state index is 0.0749. The smallest absolute Gasteiger partial charge is 0.352 e. The van der Waals surface area contributed by atoms with Crippen LogP contribution in [0.4, 0.5) is 18.9 Å². The van der Waals surface area contributed by atoms with Crippen molar-refractivity contribution in [3.05, 3.63) is 92.4 Å². The number of benzene rings is 3. The van der Waals surface area contributed by atoms with Crippen LogP contribution in [0.5, 0.6) is 0 Å². The van der Waals surface area contributed by atoms with E-state index in [-0.39, 0.29) is 27.5 Å². The fraction of sp³-hybridized carbons (Fsp3) is 0.355. The van der Waals surface area contributed by atoms with Crippen LogP contribution in [-0.4, -0.2) is 43.8 Å². The third-order valence-corrected chi connectivity index (χ3v) is 10.5. The summed E-state index contributed by atoms with van der Waals surface area (Å²) in [4.78, 5) is 28.4. The maximum absolute atomic E-state index is 14.1. The molecule has 0 aliphatic heterocycles. The van der Waals surface area contributed by atoms with Gasteiger partial charge >= 0.3 is 6.18 Å². The number of nitrogens with one attached hydrogen (secondary N) is 1. The molecule has 0 heterocycles. The van der Waals surface area contributed by atoms with Crippen molar-refractivity contribution in [2.75, 3.05) is 10.8 Å². The summed E-state index contributed by atoms with van der Waals surface area (Å²) < 4.78 is 70.0. The zero-order valence-corrected chi connectivity index (χ0v) is 27.5. The number of rotatable bonds is 10. The summed E-state index contributed by atoms with van der Waals surface area (Å²) in [6.45, 7) is 2.00. The third-order valence-electron chi connectivity index (χ3n) is 7.69. The average molecular weight is 705 g/mol. The maximum atomic E-state index is 14.1. The van der Waals surface area contributed by atoms with Gasteiger partial charge in [-0.2, -0.15) is 13.2 Å². The molecule has 1 atom stereocenters. The molecule has 14 heteroatoms. The van der Waals surface area contributed by atoms with Gasteiger partial charge in [-0.15, -0.1) is 0 Å². The Kier molecular flexibility index (Phi) is 11.0. The van der Waals surface area contributed by atoms with E-state index in [0.29, 0.717) is 15.9 Å². The summed E-state index contributed by atoms with van der Waals surface area (Å²) in [6.07, 6.45) is -1.45. The minimum Gasteiger partial charge on any atom is -0.352 e. The standard InChI is InChI=1S/C31H31Cl3F3N3O4S/c1-19-10-13-23(14-11-19)45(43,44)40(22-12-15-28(34)25(16-22)31(35,36)37)18-29(41)39(17-24-26(32)8-5-9-27(24)33)20(2)30(42)38-21-6-3-4-7-21/h5,8-16,20-21H,3-4,6-7,17-18H2,1-2H3,(H,38,42)/t20-/m0/s1. The number of alkyl halides is 3. The van der Waals surface area contributed by atoms with Gasteiger partial charge in [0.05, 0.1) is 21.2 Å². The fourth-order valence-electron chi connectivity index (χ4n) is 5.08. The highest BCUT2D eigenvalue weighted by molar-refractivity contribution is 7.92. The van der Waals surface area contributed by atoms with Gasteiger partial charge in [-0.25, -0.2) is 8.42 Å². The number of hydrogen-bond acceptors (Lipinski definition) is 4. The Labute approximate surface area is 275 Å². The minimum atomic E-state index is -4.91. The average Bonchev–Trinajstić information content (AvgIpc) is 3.48.